The first-order valence-electron chi connectivity index (χ1n) is 5.13. The fourth-order valence-electron chi connectivity index (χ4n) is 1.68. The molecule has 0 saturated carbocycles. The Morgan fingerprint density at radius 3 is 3.00 bits per heavy atom. The molecule has 1 N–H and O–H groups in total. The zero-order chi connectivity index (χ0) is 11.5. The minimum atomic E-state index is -0.405. The van der Waals surface area contributed by atoms with Crippen LogP contribution in [-0.2, 0) is 0 Å². The predicted molar refractivity (Wildman–Crippen MR) is 65.0 cm³/mol. The SMILES string of the molecule is Cc1nc(NC2CCSC2)ccc1[N+](=O)[O-]. The monoisotopic (exact) mass is 239 g/mol. The van der Waals surface area contributed by atoms with Gasteiger partial charge >= 0.3 is 0 Å². The maximum absolute atomic E-state index is 10.6. The molecular formula is C10H13N3O2S. The molecule has 1 aliphatic rings. The fraction of sp³-hybridized carbons (Fsp3) is 0.500. The van der Waals surface area contributed by atoms with Crippen molar-refractivity contribution in [1.29, 1.82) is 0 Å². The molecule has 1 aromatic rings. The van der Waals surface area contributed by atoms with Crippen molar-refractivity contribution >= 4 is 23.3 Å². The second-order valence-electron chi connectivity index (χ2n) is 3.76. The smallest absolute Gasteiger partial charge is 0.290 e. The van der Waals surface area contributed by atoms with Crippen LogP contribution in [0.5, 0.6) is 0 Å². The molecule has 1 fully saturated rings. The van der Waals surface area contributed by atoms with Crippen LogP contribution in [0, 0.1) is 17.0 Å². The van der Waals surface area contributed by atoms with Crippen LogP contribution in [0.2, 0.25) is 0 Å². The van der Waals surface area contributed by atoms with Crippen molar-refractivity contribution in [3.63, 3.8) is 0 Å². The van der Waals surface area contributed by atoms with Gasteiger partial charge in [0.05, 0.1) is 4.92 Å². The van der Waals surface area contributed by atoms with Crippen LogP contribution in [0.25, 0.3) is 0 Å². The van der Waals surface area contributed by atoms with Gasteiger partial charge in [-0.1, -0.05) is 0 Å². The first kappa shape index (κ1) is 11.2. The molecular weight excluding hydrogens is 226 g/mol. The third-order valence-electron chi connectivity index (χ3n) is 2.54. The summed E-state index contributed by atoms with van der Waals surface area (Å²) in [5.74, 6) is 2.98. The second kappa shape index (κ2) is 4.69. The third kappa shape index (κ3) is 2.44. The number of aromatic nitrogens is 1. The van der Waals surface area contributed by atoms with Gasteiger partial charge in [0.25, 0.3) is 5.69 Å². The molecule has 1 aromatic heterocycles. The summed E-state index contributed by atoms with van der Waals surface area (Å²) < 4.78 is 0. The highest BCUT2D eigenvalue weighted by Gasteiger charge is 2.17. The largest absolute Gasteiger partial charge is 0.366 e. The normalized spacial score (nSPS) is 19.7. The molecule has 5 nitrogen and oxygen atoms in total. The lowest BCUT2D eigenvalue weighted by Crippen LogP contribution is -2.19. The molecule has 1 saturated heterocycles. The lowest BCUT2D eigenvalue weighted by molar-refractivity contribution is -0.385. The highest BCUT2D eigenvalue weighted by Crippen LogP contribution is 2.22. The molecule has 0 amide bonds. The molecule has 16 heavy (non-hydrogen) atoms. The third-order valence-corrected chi connectivity index (χ3v) is 3.70. The van der Waals surface area contributed by atoms with Crippen molar-refractivity contribution in [2.24, 2.45) is 0 Å². The minimum Gasteiger partial charge on any atom is -0.366 e. The number of nitrogens with zero attached hydrogens (tertiary/aromatic N) is 2. The molecule has 2 heterocycles. The Morgan fingerprint density at radius 2 is 2.44 bits per heavy atom. The number of nitrogens with one attached hydrogen (secondary N) is 1. The summed E-state index contributed by atoms with van der Waals surface area (Å²) in [6.45, 7) is 1.66. The van der Waals surface area contributed by atoms with Crippen LogP contribution in [0.1, 0.15) is 12.1 Å². The van der Waals surface area contributed by atoms with E-state index in [9.17, 15) is 10.1 Å². The van der Waals surface area contributed by atoms with E-state index in [2.05, 4.69) is 10.3 Å². The van der Waals surface area contributed by atoms with Crippen LogP contribution in [-0.4, -0.2) is 27.5 Å². The van der Waals surface area contributed by atoms with Crippen molar-refractivity contribution in [2.45, 2.75) is 19.4 Å². The van der Waals surface area contributed by atoms with Gasteiger partial charge in [-0.05, 0) is 25.2 Å². The Hall–Kier alpha value is -1.30. The van der Waals surface area contributed by atoms with E-state index in [4.69, 9.17) is 0 Å². The van der Waals surface area contributed by atoms with E-state index >= 15 is 0 Å². The van der Waals surface area contributed by atoms with E-state index in [1.807, 2.05) is 11.8 Å². The van der Waals surface area contributed by atoms with Crippen molar-refractivity contribution < 1.29 is 4.92 Å². The van der Waals surface area contributed by atoms with Crippen molar-refractivity contribution in [3.8, 4) is 0 Å². The molecule has 6 heteroatoms. The van der Waals surface area contributed by atoms with Crippen LogP contribution in [0.3, 0.4) is 0 Å². The molecule has 0 aromatic carbocycles. The second-order valence-corrected chi connectivity index (χ2v) is 4.91. The minimum absolute atomic E-state index is 0.0753. The lowest BCUT2D eigenvalue weighted by atomic mass is 10.2. The van der Waals surface area contributed by atoms with Gasteiger partial charge < -0.3 is 5.32 Å². The molecule has 1 atom stereocenters. The van der Waals surface area contributed by atoms with Gasteiger partial charge in [0.15, 0.2) is 0 Å². The Bertz CT molecular complexity index is 405. The molecule has 0 aliphatic carbocycles. The Morgan fingerprint density at radius 1 is 1.62 bits per heavy atom. The summed E-state index contributed by atoms with van der Waals surface area (Å²) in [5.41, 5.74) is 0.534. The first-order chi connectivity index (χ1) is 7.66. The zero-order valence-electron chi connectivity index (χ0n) is 8.97. The number of rotatable bonds is 3. The highest BCUT2D eigenvalue weighted by atomic mass is 32.2. The number of hydrogen-bond donors (Lipinski definition) is 1. The predicted octanol–water partition coefficient (Wildman–Crippen LogP) is 2.22. The Labute approximate surface area is 97.8 Å². The van der Waals surface area contributed by atoms with E-state index < -0.39 is 4.92 Å². The fourth-order valence-corrected chi connectivity index (χ4v) is 2.84. The quantitative estimate of drug-likeness (QED) is 0.647. The standard InChI is InChI=1S/C10H13N3O2S/c1-7-9(13(14)15)2-3-10(11-7)12-8-4-5-16-6-8/h2-3,8H,4-6H2,1H3,(H,11,12). The van der Waals surface area contributed by atoms with Gasteiger partial charge in [-0.2, -0.15) is 11.8 Å². The van der Waals surface area contributed by atoms with Gasteiger partial charge in [0, 0.05) is 17.9 Å². The van der Waals surface area contributed by atoms with Gasteiger partial charge in [0.2, 0.25) is 0 Å². The van der Waals surface area contributed by atoms with Crippen molar-refractivity contribution in [2.75, 3.05) is 16.8 Å². The van der Waals surface area contributed by atoms with E-state index in [1.165, 1.54) is 11.8 Å². The summed E-state index contributed by atoms with van der Waals surface area (Å²) in [6.07, 6.45) is 1.13. The van der Waals surface area contributed by atoms with Crippen LogP contribution in [0.15, 0.2) is 12.1 Å². The molecule has 0 bridgehead atoms. The van der Waals surface area contributed by atoms with Crippen molar-refractivity contribution in [3.05, 3.63) is 27.9 Å². The average molecular weight is 239 g/mol. The number of aryl methyl sites for hydroxylation is 1. The number of nitro groups is 1. The first-order valence-corrected chi connectivity index (χ1v) is 6.28. The van der Waals surface area contributed by atoms with Gasteiger partial charge in [0.1, 0.15) is 11.5 Å². The van der Waals surface area contributed by atoms with Crippen LogP contribution in [0.4, 0.5) is 11.5 Å². The summed E-state index contributed by atoms with van der Waals surface area (Å²) in [7, 11) is 0. The zero-order valence-corrected chi connectivity index (χ0v) is 9.79. The number of anilines is 1. The molecule has 2 rings (SSSR count). The van der Waals surface area contributed by atoms with E-state index in [0.29, 0.717) is 11.7 Å². The van der Waals surface area contributed by atoms with Gasteiger partial charge in [-0.15, -0.1) is 0 Å². The molecule has 1 aliphatic heterocycles. The average Bonchev–Trinajstić information content (AvgIpc) is 2.70. The number of pyridine rings is 1. The summed E-state index contributed by atoms with van der Waals surface area (Å²) >= 11 is 1.92. The number of thioether (sulfide) groups is 1. The highest BCUT2D eigenvalue weighted by molar-refractivity contribution is 7.99. The molecule has 0 radical (unpaired) electrons. The van der Waals surface area contributed by atoms with Crippen LogP contribution < -0.4 is 5.32 Å². The van der Waals surface area contributed by atoms with Crippen LogP contribution >= 0.6 is 11.8 Å². The van der Waals surface area contributed by atoms with E-state index in [-0.39, 0.29) is 5.69 Å². The number of hydrogen-bond acceptors (Lipinski definition) is 5. The molecule has 86 valence electrons. The molecule has 0 spiro atoms. The van der Waals surface area contributed by atoms with Gasteiger partial charge in [-0.3, -0.25) is 10.1 Å². The van der Waals surface area contributed by atoms with E-state index in [1.54, 1.807) is 13.0 Å². The lowest BCUT2D eigenvalue weighted by Gasteiger charge is -2.11. The summed E-state index contributed by atoms with van der Waals surface area (Å²) in [6, 6.07) is 3.62. The Balaban J connectivity index is 2.11. The Kier molecular flexibility index (Phi) is 3.28. The van der Waals surface area contributed by atoms with E-state index in [0.717, 1.165) is 18.0 Å². The summed E-state index contributed by atoms with van der Waals surface area (Å²) in [5, 5.41) is 13.9. The topological polar surface area (TPSA) is 68.1 Å². The van der Waals surface area contributed by atoms with Crippen molar-refractivity contribution in [1.82, 2.24) is 4.98 Å². The van der Waals surface area contributed by atoms with Gasteiger partial charge in [-0.25, -0.2) is 4.98 Å². The maximum atomic E-state index is 10.6. The molecule has 1 unspecified atom stereocenters. The summed E-state index contributed by atoms with van der Waals surface area (Å²) in [4.78, 5) is 14.4. The maximum Gasteiger partial charge on any atom is 0.290 e.